The van der Waals surface area contributed by atoms with Gasteiger partial charge in [-0.05, 0) is 12.1 Å². The van der Waals surface area contributed by atoms with Gasteiger partial charge in [-0.3, -0.25) is 0 Å². The molecular weight excluding hydrogens is 312 g/mol. The lowest BCUT2D eigenvalue weighted by molar-refractivity contribution is -0.0440. The third-order valence-corrected chi connectivity index (χ3v) is 3.43. The number of amides is 1. The highest BCUT2D eigenvalue weighted by molar-refractivity contribution is 5.64. The number of carbonyl (C=O) groups is 1. The Bertz CT molecular complexity index is 701. The topological polar surface area (TPSA) is 89.9 Å². The molecule has 0 radical (unpaired) electrons. The molecule has 1 aromatic heterocycles. The van der Waals surface area contributed by atoms with E-state index in [0.717, 1.165) is 16.8 Å². The number of ether oxygens (including phenoxy) is 3. The molecule has 3 rings (SSSR count). The molecule has 1 saturated heterocycles. The highest BCUT2D eigenvalue weighted by atomic mass is 16.7. The number of hydrogen-bond acceptors (Lipinski definition) is 5. The van der Waals surface area contributed by atoms with E-state index in [0.29, 0.717) is 19.1 Å². The van der Waals surface area contributed by atoms with Gasteiger partial charge in [-0.2, -0.15) is 0 Å². The molecule has 1 amide bonds. The van der Waals surface area contributed by atoms with Gasteiger partial charge < -0.3 is 24.6 Å². The number of benzene rings is 1. The van der Waals surface area contributed by atoms with Crippen molar-refractivity contribution in [3.8, 4) is 17.1 Å². The van der Waals surface area contributed by atoms with Crippen LogP contribution in [0.5, 0.6) is 5.88 Å². The van der Waals surface area contributed by atoms with E-state index in [9.17, 15) is 4.79 Å². The third kappa shape index (κ3) is 4.21. The van der Waals surface area contributed by atoms with Gasteiger partial charge in [0.15, 0.2) is 6.29 Å². The molecule has 2 aromatic rings. The predicted octanol–water partition coefficient (Wildman–Crippen LogP) is 2.44. The minimum Gasteiger partial charge on any atom is -0.476 e. The maximum atomic E-state index is 10.4. The largest absolute Gasteiger partial charge is 0.476 e. The van der Waals surface area contributed by atoms with Crippen LogP contribution in [0.15, 0.2) is 42.5 Å². The van der Waals surface area contributed by atoms with Crippen LogP contribution in [-0.2, 0) is 9.47 Å². The van der Waals surface area contributed by atoms with Crippen LogP contribution in [0.4, 0.5) is 4.79 Å². The fraction of sp³-hybridized carbons (Fsp3) is 0.294. The lowest BCUT2D eigenvalue weighted by Crippen LogP contribution is -2.26. The first-order valence-electron chi connectivity index (χ1n) is 7.62. The van der Waals surface area contributed by atoms with Gasteiger partial charge >= 0.3 is 6.09 Å². The third-order valence-electron chi connectivity index (χ3n) is 3.43. The quantitative estimate of drug-likeness (QED) is 0.791. The van der Waals surface area contributed by atoms with Crippen molar-refractivity contribution in [1.29, 1.82) is 0 Å². The summed E-state index contributed by atoms with van der Waals surface area (Å²) in [6, 6.07) is 13.3. The average Bonchev–Trinajstić information content (AvgIpc) is 3.14. The number of rotatable bonds is 6. The first kappa shape index (κ1) is 16.2. The van der Waals surface area contributed by atoms with Crippen molar-refractivity contribution >= 4 is 6.09 Å². The Hall–Kier alpha value is -2.64. The zero-order valence-electron chi connectivity index (χ0n) is 13.0. The first-order chi connectivity index (χ1) is 11.7. The summed E-state index contributed by atoms with van der Waals surface area (Å²) in [5.74, 6) is 0.443. The normalized spacial score (nSPS) is 14.5. The zero-order valence-corrected chi connectivity index (χ0v) is 13.0. The van der Waals surface area contributed by atoms with Crippen molar-refractivity contribution in [2.75, 3.05) is 26.4 Å². The zero-order chi connectivity index (χ0) is 16.8. The maximum Gasteiger partial charge on any atom is 0.404 e. The molecule has 0 spiro atoms. The summed E-state index contributed by atoms with van der Waals surface area (Å²) in [7, 11) is 0. The standard InChI is InChI=1S/C17H18N2O5/c20-17(21)18-7-8-22-15-6-2-5-14(19-15)12-3-1-4-13(11-12)16-23-9-10-24-16/h1-6,11,16,18H,7-10H2,(H,20,21). The van der Waals surface area contributed by atoms with Gasteiger partial charge in [-0.25, -0.2) is 9.78 Å². The van der Waals surface area contributed by atoms with Gasteiger partial charge in [-0.15, -0.1) is 0 Å². The van der Waals surface area contributed by atoms with Crippen LogP contribution in [0, 0.1) is 0 Å². The Balaban J connectivity index is 1.69. The van der Waals surface area contributed by atoms with Crippen LogP contribution in [-0.4, -0.2) is 42.5 Å². The molecule has 0 saturated carbocycles. The van der Waals surface area contributed by atoms with Gasteiger partial charge in [0, 0.05) is 17.2 Å². The summed E-state index contributed by atoms with van der Waals surface area (Å²) >= 11 is 0. The molecule has 0 bridgehead atoms. The summed E-state index contributed by atoms with van der Waals surface area (Å²) < 4.78 is 16.5. The Morgan fingerprint density at radius 2 is 2.04 bits per heavy atom. The number of hydrogen-bond donors (Lipinski definition) is 2. The highest BCUT2D eigenvalue weighted by Crippen LogP contribution is 2.27. The molecule has 126 valence electrons. The smallest absolute Gasteiger partial charge is 0.404 e. The molecule has 7 heteroatoms. The van der Waals surface area contributed by atoms with Crippen molar-refractivity contribution in [2.24, 2.45) is 0 Å². The molecule has 1 aromatic carbocycles. The number of aromatic nitrogens is 1. The summed E-state index contributed by atoms with van der Waals surface area (Å²) in [5, 5.41) is 10.8. The van der Waals surface area contributed by atoms with E-state index in [-0.39, 0.29) is 19.4 Å². The predicted molar refractivity (Wildman–Crippen MR) is 85.8 cm³/mol. The average molecular weight is 330 g/mol. The molecule has 2 heterocycles. The van der Waals surface area contributed by atoms with E-state index >= 15 is 0 Å². The fourth-order valence-corrected chi connectivity index (χ4v) is 2.37. The van der Waals surface area contributed by atoms with Crippen LogP contribution >= 0.6 is 0 Å². The SMILES string of the molecule is O=C(O)NCCOc1cccc(-c2cccc(C3OCCO3)c2)n1. The van der Waals surface area contributed by atoms with E-state index in [1.54, 1.807) is 6.07 Å². The molecule has 24 heavy (non-hydrogen) atoms. The van der Waals surface area contributed by atoms with Gasteiger partial charge in [0.1, 0.15) is 6.61 Å². The van der Waals surface area contributed by atoms with Crippen LogP contribution in [0.25, 0.3) is 11.3 Å². The Morgan fingerprint density at radius 3 is 2.83 bits per heavy atom. The van der Waals surface area contributed by atoms with Crippen molar-refractivity contribution in [2.45, 2.75) is 6.29 Å². The maximum absolute atomic E-state index is 10.4. The molecular formula is C17H18N2O5. The Morgan fingerprint density at radius 1 is 1.25 bits per heavy atom. The first-order valence-corrected chi connectivity index (χ1v) is 7.62. The second-order valence-electron chi connectivity index (χ2n) is 5.14. The summed E-state index contributed by atoms with van der Waals surface area (Å²) in [5.41, 5.74) is 2.64. The summed E-state index contributed by atoms with van der Waals surface area (Å²) in [6.45, 7) is 1.61. The molecule has 0 atom stereocenters. The summed E-state index contributed by atoms with van der Waals surface area (Å²) in [6.07, 6.45) is -1.40. The molecule has 1 fully saturated rings. The van der Waals surface area contributed by atoms with Crippen molar-refractivity contribution in [3.63, 3.8) is 0 Å². The second kappa shape index (κ2) is 7.76. The Labute approximate surface area is 139 Å². The monoisotopic (exact) mass is 330 g/mol. The lowest BCUT2D eigenvalue weighted by Gasteiger charge is -2.11. The number of carboxylic acid groups (broad SMARTS) is 1. The van der Waals surface area contributed by atoms with Crippen LogP contribution < -0.4 is 10.1 Å². The van der Waals surface area contributed by atoms with Gasteiger partial charge in [0.2, 0.25) is 5.88 Å². The van der Waals surface area contributed by atoms with E-state index < -0.39 is 6.09 Å². The van der Waals surface area contributed by atoms with Gasteiger partial charge in [-0.1, -0.05) is 24.3 Å². The highest BCUT2D eigenvalue weighted by Gasteiger charge is 2.18. The van der Waals surface area contributed by atoms with Crippen molar-refractivity contribution in [1.82, 2.24) is 10.3 Å². The van der Waals surface area contributed by atoms with Crippen molar-refractivity contribution < 1.29 is 24.1 Å². The molecule has 1 aliphatic rings. The minimum atomic E-state index is -1.08. The molecule has 2 N–H and O–H groups in total. The lowest BCUT2D eigenvalue weighted by atomic mass is 10.1. The van der Waals surface area contributed by atoms with Crippen LogP contribution in [0.1, 0.15) is 11.9 Å². The second-order valence-corrected chi connectivity index (χ2v) is 5.14. The molecule has 0 unspecified atom stereocenters. The fourth-order valence-electron chi connectivity index (χ4n) is 2.37. The van der Waals surface area contributed by atoms with Crippen LogP contribution in [0.3, 0.4) is 0 Å². The summed E-state index contributed by atoms with van der Waals surface area (Å²) in [4.78, 5) is 14.8. The number of nitrogens with zero attached hydrogens (tertiary/aromatic N) is 1. The molecule has 0 aliphatic carbocycles. The van der Waals surface area contributed by atoms with E-state index in [1.165, 1.54) is 0 Å². The van der Waals surface area contributed by atoms with E-state index in [4.69, 9.17) is 19.3 Å². The van der Waals surface area contributed by atoms with E-state index in [1.807, 2.05) is 36.4 Å². The number of nitrogens with one attached hydrogen (secondary N) is 1. The molecule has 7 nitrogen and oxygen atoms in total. The number of pyridine rings is 1. The van der Waals surface area contributed by atoms with Crippen molar-refractivity contribution in [3.05, 3.63) is 48.0 Å². The van der Waals surface area contributed by atoms with Gasteiger partial charge in [0.05, 0.1) is 25.5 Å². The van der Waals surface area contributed by atoms with Crippen LogP contribution in [0.2, 0.25) is 0 Å². The van der Waals surface area contributed by atoms with E-state index in [2.05, 4.69) is 10.3 Å². The Kier molecular flexibility index (Phi) is 5.25. The minimum absolute atomic E-state index is 0.201. The van der Waals surface area contributed by atoms with Gasteiger partial charge in [0.25, 0.3) is 0 Å². The molecule has 1 aliphatic heterocycles.